The first-order valence-electron chi connectivity index (χ1n) is 0.224. The molecule has 1 nitrogen and oxygen atoms in total. The molecule has 0 aromatic carbocycles. The van der Waals surface area contributed by atoms with Crippen LogP contribution in [0.1, 0.15) is 0 Å². The summed E-state index contributed by atoms with van der Waals surface area (Å²) in [5.74, 6) is 0. The van der Waals surface area contributed by atoms with Gasteiger partial charge >= 0.3 is 51.9 Å². The van der Waals surface area contributed by atoms with Gasteiger partial charge in [-0.3, -0.25) is 0 Å². The van der Waals surface area contributed by atoms with Crippen molar-refractivity contribution in [2.75, 3.05) is 0 Å². The van der Waals surface area contributed by atoms with E-state index in [4.69, 9.17) is 11.8 Å². The van der Waals surface area contributed by atoms with Gasteiger partial charge in [-0.1, -0.05) is 0 Å². The van der Waals surface area contributed by atoms with E-state index in [-0.39, 0.29) is 51.9 Å². The summed E-state index contributed by atoms with van der Waals surface area (Å²) in [6, 6.07) is 0. The Labute approximate surface area is 63.2 Å². The standard InChI is InChI=1S/CN.Ag.Na.H/c1-2;;;/q-1;+1;;. The molecule has 0 aliphatic carbocycles. The zero-order valence-corrected chi connectivity index (χ0v) is 2.73. The fourth-order valence-corrected chi connectivity index (χ4v) is 0. The average Bonchev–Trinajstić information content (AvgIpc) is 1.00. The van der Waals surface area contributed by atoms with Crippen molar-refractivity contribution in [3.8, 4) is 0 Å². The second kappa shape index (κ2) is 29.2. The molecule has 0 aromatic rings. The van der Waals surface area contributed by atoms with Crippen molar-refractivity contribution in [3.05, 3.63) is 6.57 Å². The predicted molar refractivity (Wildman–Crippen MR) is 12.1 cm³/mol. The van der Waals surface area contributed by atoms with E-state index < -0.39 is 0 Å². The van der Waals surface area contributed by atoms with Gasteiger partial charge in [0.15, 0.2) is 0 Å². The van der Waals surface area contributed by atoms with Gasteiger partial charge in [0.1, 0.15) is 0 Å². The Kier molecular flexibility index (Phi) is 137. The topological polar surface area (TPSA) is 23.8 Å². The van der Waals surface area contributed by atoms with Crippen LogP contribution in [0.25, 0.3) is 0 Å². The molecule has 0 saturated heterocycles. The molecule has 4 heavy (non-hydrogen) atoms. The fourth-order valence-electron chi connectivity index (χ4n) is 0. The minimum absolute atomic E-state index is 0. The van der Waals surface area contributed by atoms with E-state index in [0.29, 0.717) is 0 Å². The van der Waals surface area contributed by atoms with Gasteiger partial charge in [-0.2, -0.15) is 0 Å². The Morgan fingerprint density at radius 3 is 1.25 bits per heavy atom. The number of hydrogen-bond donors (Lipinski definition) is 0. The van der Waals surface area contributed by atoms with Crippen LogP contribution >= 0.6 is 0 Å². The van der Waals surface area contributed by atoms with Crippen molar-refractivity contribution >= 4 is 29.6 Å². The molecule has 0 heterocycles. The molecule has 0 fully saturated rings. The van der Waals surface area contributed by atoms with Gasteiger partial charge in [0, 0.05) is 0 Å². The van der Waals surface area contributed by atoms with Crippen molar-refractivity contribution < 1.29 is 22.4 Å². The molecule has 0 atom stereocenters. The van der Waals surface area contributed by atoms with E-state index >= 15 is 0 Å². The predicted octanol–water partition coefficient (Wildman–Crippen LogP) is -0.555. The molecule has 0 radical (unpaired) electrons. The molecule has 0 N–H and O–H groups in total. The van der Waals surface area contributed by atoms with Crippen LogP contribution in [-0.4, -0.2) is 29.6 Å². The van der Waals surface area contributed by atoms with Crippen LogP contribution in [0.5, 0.6) is 0 Å². The minimum atomic E-state index is 0. The van der Waals surface area contributed by atoms with Gasteiger partial charge in [-0.05, 0) is 0 Å². The normalized spacial score (nSPS) is 0.500. The monoisotopic (exact) mass is 157 g/mol. The fraction of sp³-hybridized carbons (Fsp3) is 0. The van der Waals surface area contributed by atoms with Crippen LogP contribution in [-0.2, 0) is 22.4 Å². The summed E-state index contributed by atoms with van der Waals surface area (Å²) >= 11 is 0. The van der Waals surface area contributed by atoms with E-state index in [1.807, 2.05) is 0 Å². The third-order valence-electron chi connectivity index (χ3n) is 0. The zero-order chi connectivity index (χ0) is 2.00. The van der Waals surface area contributed by atoms with Crippen molar-refractivity contribution in [1.82, 2.24) is 0 Å². The molecule has 0 amide bonds. The van der Waals surface area contributed by atoms with Gasteiger partial charge in [0.2, 0.25) is 0 Å². The average molecular weight is 158 g/mol. The quantitative estimate of drug-likeness (QED) is 0.342. The van der Waals surface area contributed by atoms with Gasteiger partial charge in [0.25, 0.3) is 0 Å². The summed E-state index contributed by atoms with van der Waals surface area (Å²) in [5.41, 5.74) is 0. The molecule has 0 spiro atoms. The summed E-state index contributed by atoms with van der Waals surface area (Å²) in [4.78, 5) is 0. The van der Waals surface area contributed by atoms with Crippen LogP contribution in [0, 0.1) is 11.8 Å². The Bertz CT molecular complexity index is 12.8. The third-order valence-corrected chi connectivity index (χ3v) is 0. The Morgan fingerprint density at radius 2 is 1.25 bits per heavy atom. The number of hydrogen-bond acceptors (Lipinski definition) is 1. The molecule has 0 aliphatic rings. The second-order valence-corrected chi connectivity index (χ2v) is 0. The summed E-state index contributed by atoms with van der Waals surface area (Å²) in [7, 11) is 0. The molecule has 0 aromatic heterocycles. The second-order valence-electron chi connectivity index (χ2n) is 0. The van der Waals surface area contributed by atoms with Crippen LogP contribution in [0.3, 0.4) is 0 Å². The van der Waals surface area contributed by atoms with E-state index in [9.17, 15) is 0 Å². The van der Waals surface area contributed by atoms with Crippen molar-refractivity contribution in [2.45, 2.75) is 0 Å². The van der Waals surface area contributed by atoms with Crippen LogP contribution in [0.4, 0.5) is 0 Å². The molecular formula is CHAgNNa. The summed E-state index contributed by atoms with van der Waals surface area (Å²) in [6.45, 7) is 4.75. The SMILES string of the molecule is [Ag+].[C-]#N.[NaH]. The van der Waals surface area contributed by atoms with Gasteiger partial charge < -0.3 is 11.8 Å². The maximum atomic E-state index is 6.25. The molecule has 0 bridgehead atoms. The first-order chi connectivity index (χ1) is 1.00. The number of nitrogens with zero attached hydrogens (tertiary/aromatic N) is 1. The first-order valence-corrected chi connectivity index (χ1v) is 0.224. The Balaban J connectivity index is -0.00000000500. The van der Waals surface area contributed by atoms with Gasteiger partial charge in [-0.25, -0.2) is 0 Å². The Morgan fingerprint density at radius 1 is 1.25 bits per heavy atom. The summed E-state index contributed by atoms with van der Waals surface area (Å²) < 4.78 is 0. The van der Waals surface area contributed by atoms with E-state index in [2.05, 4.69) is 0 Å². The molecule has 0 unspecified atom stereocenters. The van der Waals surface area contributed by atoms with Gasteiger partial charge in [0.05, 0.1) is 0 Å². The van der Waals surface area contributed by atoms with Crippen molar-refractivity contribution in [1.29, 1.82) is 5.26 Å². The van der Waals surface area contributed by atoms with E-state index in [1.165, 1.54) is 0 Å². The molecule has 22 valence electrons. The van der Waals surface area contributed by atoms with Crippen LogP contribution in [0.15, 0.2) is 0 Å². The van der Waals surface area contributed by atoms with Crippen molar-refractivity contribution in [3.63, 3.8) is 0 Å². The van der Waals surface area contributed by atoms with Crippen molar-refractivity contribution in [2.24, 2.45) is 0 Å². The molecule has 0 saturated carbocycles. The van der Waals surface area contributed by atoms with E-state index in [1.54, 1.807) is 0 Å². The molecule has 0 rings (SSSR count). The maximum absolute atomic E-state index is 6.25. The Hall–Kier alpha value is 1.23. The zero-order valence-electron chi connectivity index (χ0n) is 1.25. The van der Waals surface area contributed by atoms with E-state index in [0.717, 1.165) is 0 Å². The molecular weight excluding hydrogens is 157 g/mol. The molecule has 3 heteroatoms. The third kappa shape index (κ3) is 10.6. The van der Waals surface area contributed by atoms with Gasteiger partial charge in [-0.15, -0.1) is 0 Å². The number of rotatable bonds is 0. The van der Waals surface area contributed by atoms with Crippen LogP contribution < -0.4 is 0 Å². The first kappa shape index (κ1) is 18.8. The summed E-state index contributed by atoms with van der Waals surface area (Å²) in [5, 5.41) is 6.25. The van der Waals surface area contributed by atoms with Crippen LogP contribution in [0.2, 0.25) is 0 Å². The molecule has 0 aliphatic heterocycles. The summed E-state index contributed by atoms with van der Waals surface area (Å²) in [6.07, 6.45) is 0.